The van der Waals surface area contributed by atoms with Crippen LogP contribution in [-0.2, 0) is 5.33 Å². The van der Waals surface area contributed by atoms with E-state index in [4.69, 9.17) is 9.47 Å². The minimum atomic E-state index is 0.633. The van der Waals surface area contributed by atoms with E-state index in [0.29, 0.717) is 12.5 Å². The van der Waals surface area contributed by atoms with Crippen LogP contribution in [0.5, 0.6) is 17.4 Å². The zero-order chi connectivity index (χ0) is 13.7. The van der Waals surface area contributed by atoms with Gasteiger partial charge in [0.15, 0.2) is 0 Å². The zero-order valence-electron chi connectivity index (χ0n) is 11.0. The van der Waals surface area contributed by atoms with Crippen LogP contribution in [0.1, 0.15) is 18.1 Å². The maximum atomic E-state index is 5.76. The SMILES string of the molecule is CCOc1ccc(Oc2ncc(CBr)cc2C)cc1. The van der Waals surface area contributed by atoms with E-state index in [1.807, 2.05) is 44.3 Å². The Balaban J connectivity index is 2.12. The lowest BCUT2D eigenvalue weighted by atomic mass is 10.2. The number of benzene rings is 1. The standard InChI is InChI=1S/C15H16BrNO2/c1-3-18-13-4-6-14(7-5-13)19-15-11(2)8-12(9-16)10-17-15/h4-8,10H,3,9H2,1-2H3. The summed E-state index contributed by atoms with van der Waals surface area (Å²) < 4.78 is 11.1. The van der Waals surface area contributed by atoms with Crippen LogP contribution in [0.15, 0.2) is 36.5 Å². The summed E-state index contributed by atoms with van der Waals surface area (Å²) in [6.45, 7) is 4.61. The van der Waals surface area contributed by atoms with Crippen molar-refractivity contribution in [2.24, 2.45) is 0 Å². The first-order valence-electron chi connectivity index (χ1n) is 6.15. The number of alkyl halides is 1. The van der Waals surface area contributed by atoms with Crippen molar-refractivity contribution in [2.45, 2.75) is 19.2 Å². The molecule has 3 nitrogen and oxygen atoms in total. The molecule has 0 radical (unpaired) electrons. The minimum Gasteiger partial charge on any atom is -0.494 e. The molecule has 0 aliphatic carbocycles. The summed E-state index contributed by atoms with van der Waals surface area (Å²) >= 11 is 3.41. The Morgan fingerprint density at radius 1 is 1.16 bits per heavy atom. The lowest BCUT2D eigenvalue weighted by Gasteiger charge is -2.09. The number of hydrogen-bond acceptors (Lipinski definition) is 3. The summed E-state index contributed by atoms with van der Waals surface area (Å²) in [7, 11) is 0. The Bertz CT molecular complexity index is 540. The Morgan fingerprint density at radius 3 is 2.42 bits per heavy atom. The van der Waals surface area contributed by atoms with Gasteiger partial charge in [0.05, 0.1) is 6.61 Å². The van der Waals surface area contributed by atoms with Gasteiger partial charge in [0.2, 0.25) is 5.88 Å². The maximum Gasteiger partial charge on any atom is 0.222 e. The fourth-order valence-electron chi connectivity index (χ4n) is 1.68. The van der Waals surface area contributed by atoms with E-state index in [1.54, 1.807) is 0 Å². The number of hydrogen-bond donors (Lipinski definition) is 0. The molecule has 1 aromatic heterocycles. The molecule has 100 valence electrons. The molecule has 0 spiro atoms. The normalized spacial score (nSPS) is 10.3. The number of ether oxygens (including phenoxy) is 2. The van der Waals surface area contributed by atoms with Crippen molar-refractivity contribution >= 4 is 15.9 Å². The van der Waals surface area contributed by atoms with Crippen LogP contribution in [-0.4, -0.2) is 11.6 Å². The molecule has 0 aliphatic rings. The molecule has 2 rings (SSSR count). The zero-order valence-corrected chi connectivity index (χ0v) is 12.6. The molecule has 0 bridgehead atoms. The average Bonchev–Trinajstić information content (AvgIpc) is 2.43. The molecule has 2 aromatic rings. The molecular formula is C15H16BrNO2. The second-order valence-corrected chi connectivity index (χ2v) is 4.67. The predicted octanol–water partition coefficient (Wildman–Crippen LogP) is 4.48. The second kappa shape index (κ2) is 6.57. The van der Waals surface area contributed by atoms with Gasteiger partial charge >= 0.3 is 0 Å². The first-order valence-corrected chi connectivity index (χ1v) is 7.27. The third kappa shape index (κ3) is 3.70. The van der Waals surface area contributed by atoms with Crippen molar-refractivity contribution < 1.29 is 9.47 Å². The van der Waals surface area contributed by atoms with Crippen LogP contribution < -0.4 is 9.47 Å². The van der Waals surface area contributed by atoms with Crippen LogP contribution in [0.3, 0.4) is 0 Å². The average molecular weight is 322 g/mol. The van der Waals surface area contributed by atoms with Gasteiger partial charge in [0.1, 0.15) is 11.5 Å². The van der Waals surface area contributed by atoms with Crippen LogP contribution in [0, 0.1) is 6.92 Å². The van der Waals surface area contributed by atoms with E-state index in [9.17, 15) is 0 Å². The van der Waals surface area contributed by atoms with Crippen molar-refractivity contribution in [3.8, 4) is 17.4 Å². The highest BCUT2D eigenvalue weighted by molar-refractivity contribution is 9.08. The van der Waals surface area contributed by atoms with E-state index in [2.05, 4.69) is 27.0 Å². The highest BCUT2D eigenvalue weighted by atomic mass is 79.9. The summed E-state index contributed by atoms with van der Waals surface area (Å²) in [5.74, 6) is 2.23. The number of nitrogens with zero attached hydrogens (tertiary/aromatic N) is 1. The minimum absolute atomic E-state index is 0.633. The van der Waals surface area contributed by atoms with Gasteiger partial charge in [-0.25, -0.2) is 4.98 Å². The van der Waals surface area contributed by atoms with Crippen LogP contribution >= 0.6 is 15.9 Å². The van der Waals surface area contributed by atoms with Gasteiger partial charge in [-0.1, -0.05) is 15.9 Å². The van der Waals surface area contributed by atoms with Crippen molar-refractivity contribution in [3.63, 3.8) is 0 Å². The molecule has 0 N–H and O–H groups in total. The van der Waals surface area contributed by atoms with E-state index < -0.39 is 0 Å². The molecule has 0 unspecified atom stereocenters. The molecule has 0 aliphatic heterocycles. The fraction of sp³-hybridized carbons (Fsp3) is 0.267. The summed E-state index contributed by atoms with van der Waals surface area (Å²) in [5, 5.41) is 0.796. The van der Waals surface area contributed by atoms with Crippen molar-refractivity contribution in [3.05, 3.63) is 47.7 Å². The van der Waals surface area contributed by atoms with Gasteiger partial charge in [-0.2, -0.15) is 0 Å². The molecule has 0 saturated carbocycles. The summed E-state index contributed by atoms with van der Waals surface area (Å²) in [5.41, 5.74) is 2.15. The van der Waals surface area contributed by atoms with E-state index in [1.165, 1.54) is 0 Å². The monoisotopic (exact) mass is 321 g/mol. The third-order valence-electron chi connectivity index (χ3n) is 2.59. The van der Waals surface area contributed by atoms with Gasteiger partial charge in [-0.05, 0) is 49.7 Å². The van der Waals surface area contributed by atoms with Gasteiger partial charge < -0.3 is 9.47 Å². The first-order chi connectivity index (χ1) is 9.22. The van der Waals surface area contributed by atoms with Crippen molar-refractivity contribution in [2.75, 3.05) is 6.61 Å². The molecule has 0 fully saturated rings. The first kappa shape index (κ1) is 13.9. The van der Waals surface area contributed by atoms with Gasteiger partial charge in [-0.15, -0.1) is 0 Å². The van der Waals surface area contributed by atoms with E-state index in [-0.39, 0.29) is 0 Å². The van der Waals surface area contributed by atoms with Gasteiger partial charge in [0, 0.05) is 17.1 Å². The predicted molar refractivity (Wildman–Crippen MR) is 79.3 cm³/mol. The maximum absolute atomic E-state index is 5.76. The summed E-state index contributed by atoms with van der Waals surface area (Å²) in [6.07, 6.45) is 1.81. The van der Waals surface area contributed by atoms with Crippen molar-refractivity contribution in [1.82, 2.24) is 4.98 Å². The van der Waals surface area contributed by atoms with Crippen LogP contribution in [0.25, 0.3) is 0 Å². The van der Waals surface area contributed by atoms with Crippen LogP contribution in [0.4, 0.5) is 0 Å². The molecule has 1 heterocycles. The number of aryl methyl sites for hydroxylation is 1. The quantitative estimate of drug-likeness (QED) is 0.761. The Labute approximate surface area is 121 Å². The lowest BCUT2D eigenvalue weighted by molar-refractivity contribution is 0.339. The molecule has 0 saturated heterocycles. The third-order valence-corrected chi connectivity index (χ3v) is 3.24. The molecule has 0 amide bonds. The Kier molecular flexibility index (Phi) is 4.80. The second-order valence-electron chi connectivity index (χ2n) is 4.11. The smallest absolute Gasteiger partial charge is 0.222 e. The van der Waals surface area contributed by atoms with E-state index >= 15 is 0 Å². The molecule has 0 atom stereocenters. The van der Waals surface area contributed by atoms with E-state index in [0.717, 1.165) is 28.0 Å². The molecule has 4 heteroatoms. The lowest BCUT2D eigenvalue weighted by Crippen LogP contribution is -1.94. The topological polar surface area (TPSA) is 31.4 Å². The molecule has 1 aromatic carbocycles. The summed E-state index contributed by atoms with van der Waals surface area (Å²) in [6, 6.07) is 9.60. The molecular weight excluding hydrogens is 306 g/mol. The van der Waals surface area contributed by atoms with Crippen molar-refractivity contribution in [1.29, 1.82) is 0 Å². The largest absolute Gasteiger partial charge is 0.494 e. The van der Waals surface area contributed by atoms with Crippen LogP contribution in [0.2, 0.25) is 0 Å². The molecule has 19 heavy (non-hydrogen) atoms. The number of pyridine rings is 1. The fourth-order valence-corrected chi connectivity index (χ4v) is 1.99. The van der Waals surface area contributed by atoms with Gasteiger partial charge in [0.25, 0.3) is 0 Å². The summed E-state index contributed by atoms with van der Waals surface area (Å²) in [4.78, 5) is 4.32. The number of halogens is 1. The number of rotatable bonds is 5. The highest BCUT2D eigenvalue weighted by Gasteiger charge is 2.04. The van der Waals surface area contributed by atoms with Gasteiger partial charge in [-0.3, -0.25) is 0 Å². The highest BCUT2D eigenvalue weighted by Crippen LogP contribution is 2.25. The Hall–Kier alpha value is -1.55. The Morgan fingerprint density at radius 2 is 1.84 bits per heavy atom. The number of aromatic nitrogens is 1.